The van der Waals surface area contributed by atoms with Gasteiger partial charge in [-0.2, -0.15) is 0 Å². The number of nitrogens with zero attached hydrogens (tertiary/aromatic N) is 1. The zero-order chi connectivity index (χ0) is 11.8. The summed E-state index contributed by atoms with van der Waals surface area (Å²) >= 11 is 1.70. The maximum absolute atomic E-state index is 6.07. The van der Waals surface area contributed by atoms with Gasteiger partial charge in [-0.15, -0.1) is 17.9 Å². The predicted molar refractivity (Wildman–Crippen MR) is 71.8 cm³/mol. The lowest BCUT2D eigenvalue weighted by Gasteiger charge is -2.09. The van der Waals surface area contributed by atoms with Crippen LogP contribution in [-0.4, -0.2) is 11.0 Å². The Bertz CT molecular complexity index is 307. The molecule has 1 aromatic heterocycles. The van der Waals surface area contributed by atoms with Crippen molar-refractivity contribution in [3.8, 4) is 0 Å². The summed E-state index contributed by atoms with van der Waals surface area (Å²) in [4.78, 5) is 4.43. The molecule has 0 spiro atoms. The zero-order valence-corrected chi connectivity index (χ0v) is 10.9. The van der Waals surface area contributed by atoms with Gasteiger partial charge in [0.2, 0.25) is 0 Å². The van der Waals surface area contributed by atoms with Crippen LogP contribution in [0.1, 0.15) is 42.8 Å². The Hall–Kier alpha value is -0.670. The minimum Gasteiger partial charge on any atom is -0.327 e. The first-order valence-electron chi connectivity index (χ1n) is 6.00. The van der Waals surface area contributed by atoms with Crippen molar-refractivity contribution in [1.29, 1.82) is 0 Å². The Morgan fingerprint density at radius 1 is 1.50 bits per heavy atom. The number of nitrogens with two attached hydrogens (primary N) is 1. The molecule has 2 N–H and O–H groups in total. The monoisotopic (exact) mass is 238 g/mol. The first-order chi connectivity index (χ1) is 7.72. The Kier molecular flexibility index (Phi) is 6.34. The fourth-order valence-electron chi connectivity index (χ4n) is 1.74. The van der Waals surface area contributed by atoms with Crippen LogP contribution in [0.25, 0.3) is 0 Å². The highest BCUT2D eigenvalue weighted by Crippen LogP contribution is 2.12. The van der Waals surface area contributed by atoms with Crippen LogP contribution in [0, 0.1) is 6.92 Å². The summed E-state index contributed by atoms with van der Waals surface area (Å²) in [5, 5.41) is 3.25. The molecule has 0 aromatic carbocycles. The summed E-state index contributed by atoms with van der Waals surface area (Å²) < 4.78 is 0. The largest absolute Gasteiger partial charge is 0.327 e. The fraction of sp³-hybridized carbons (Fsp3) is 0.615. The van der Waals surface area contributed by atoms with E-state index in [1.54, 1.807) is 11.3 Å². The number of aryl methyl sites for hydroxylation is 1. The van der Waals surface area contributed by atoms with Gasteiger partial charge in [0.1, 0.15) is 0 Å². The zero-order valence-electron chi connectivity index (χ0n) is 10.1. The van der Waals surface area contributed by atoms with Gasteiger partial charge >= 0.3 is 0 Å². The molecule has 0 aliphatic heterocycles. The summed E-state index contributed by atoms with van der Waals surface area (Å²) in [5.41, 5.74) is 7.23. The summed E-state index contributed by atoms with van der Waals surface area (Å²) in [7, 11) is 0. The molecule has 0 amide bonds. The third-order valence-electron chi connectivity index (χ3n) is 2.62. The van der Waals surface area contributed by atoms with Gasteiger partial charge in [0.05, 0.1) is 10.7 Å². The molecule has 1 unspecified atom stereocenters. The van der Waals surface area contributed by atoms with Crippen LogP contribution in [0.15, 0.2) is 18.0 Å². The van der Waals surface area contributed by atoms with E-state index >= 15 is 0 Å². The second-order valence-corrected chi connectivity index (χ2v) is 5.31. The van der Waals surface area contributed by atoms with E-state index in [2.05, 4.69) is 16.9 Å². The highest BCUT2D eigenvalue weighted by Gasteiger charge is 2.06. The van der Waals surface area contributed by atoms with Gasteiger partial charge in [0, 0.05) is 17.8 Å². The number of unbranched alkanes of at least 4 members (excludes halogenated alkanes) is 3. The minimum atomic E-state index is 0.269. The Balaban J connectivity index is 2.11. The fourth-order valence-corrected chi connectivity index (χ4v) is 2.37. The molecular formula is C13H22N2S. The van der Waals surface area contributed by atoms with E-state index in [0.29, 0.717) is 0 Å². The summed E-state index contributed by atoms with van der Waals surface area (Å²) in [6.45, 7) is 5.76. The average Bonchev–Trinajstić information content (AvgIpc) is 2.63. The van der Waals surface area contributed by atoms with Gasteiger partial charge in [-0.05, 0) is 26.2 Å². The van der Waals surface area contributed by atoms with E-state index in [1.165, 1.54) is 19.3 Å². The van der Waals surface area contributed by atoms with Crippen LogP contribution >= 0.6 is 11.3 Å². The molecule has 0 aliphatic carbocycles. The van der Waals surface area contributed by atoms with Crippen LogP contribution in [0.3, 0.4) is 0 Å². The SMILES string of the molecule is C=CCCCCCC(N)Cc1csc(C)n1. The van der Waals surface area contributed by atoms with Crippen LogP contribution in [-0.2, 0) is 6.42 Å². The van der Waals surface area contributed by atoms with Crippen molar-refractivity contribution in [3.63, 3.8) is 0 Å². The summed E-state index contributed by atoms with van der Waals surface area (Å²) in [6, 6.07) is 0.269. The molecule has 1 atom stereocenters. The van der Waals surface area contributed by atoms with Crippen LogP contribution in [0.4, 0.5) is 0 Å². The van der Waals surface area contributed by atoms with E-state index < -0.39 is 0 Å². The second-order valence-electron chi connectivity index (χ2n) is 4.25. The molecule has 0 saturated carbocycles. The first kappa shape index (κ1) is 13.4. The Labute approximate surface area is 103 Å². The maximum atomic E-state index is 6.07. The highest BCUT2D eigenvalue weighted by molar-refractivity contribution is 7.09. The maximum Gasteiger partial charge on any atom is 0.0897 e. The van der Waals surface area contributed by atoms with Gasteiger partial charge in [0.15, 0.2) is 0 Å². The van der Waals surface area contributed by atoms with Crippen LogP contribution < -0.4 is 5.73 Å². The number of aromatic nitrogens is 1. The quantitative estimate of drug-likeness (QED) is 0.556. The van der Waals surface area contributed by atoms with Crippen molar-refractivity contribution in [2.24, 2.45) is 5.73 Å². The topological polar surface area (TPSA) is 38.9 Å². The molecular weight excluding hydrogens is 216 g/mol. The van der Waals surface area contributed by atoms with Crippen molar-refractivity contribution < 1.29 is 0 Å². The molecule has 0 fully saturated rings. The number of hydrogen-bond acceptors (Lipinski definition) is 3. The van der Waals surface area contributed by atoms with Crippen molar-refractivity contribution in [3.05, 3.63) is 28.7 Å². The van der Waals surface area contributed by atoms with E-state index in [9.17, 15) is 0 Å². The third kappa shape index (κ3) is 5.42. The van der Waals surface area contributed by atoms with Gasteiger partial charge in [-0.25, -0.2) is 4.98 Å². The average molecular weight is 238 g/mol. The summed E-state index contributed by atoms with van der Waals surface area (Å²) in [6.07, 6.45) is 8.86. The lowest BCUT2D eigenvalue weighted by atomic mass is 10.0. The van der Waals surface area contributed by atoms with E-state index in [0.717, 1.165) is 30.0 Å². The lowest BCUT2D eigenvalue weighted by molar-refractivity contribution is 0.547. The molecule has 16 heavy (non-hydrogen) atoms. The molecule has 1 aromatic rings. The molecule has 1 rings (SSSR count). The van der Waals surface area contributed by atoms with Crippen molar-refractivity contribution >= 4 is 11.3 Å². The molecule has 2 nitrogen and oxygen atoms in total. The van der Waals surface area contributed by atoms with Crippen molar-refractivity contribution in [2.45, 2.75) is 51.5 Å². The number of hydrogen-bond donors (Lipinski definition) is 1. The molecule has 90 valence electrons. The van der Waals surface area contributed by atoms with Crippen LogP contribution in [0.2, 0.25) is 0 Å². The molecule has 0 saturated heterocycles. The first-order valence-corrected chi connectivity index (χ1v) is 6.88. The van der Waals surface area contributed by atoms with Crippen LogP contribution in [0.5, 0.6) is 0 Å². The van der Waals surface area contributed by atoms with Gasteiger partial charge in [-0.3, -0.25) is 0 Å². The van der Waals surface area contributed by atoms with Gasteiger partial charge in [0.25, 0.3) is 0 Å². The normalized spacial score (nSPS) is 12.6. The molecule has 0 bridgehead atoms. The lowest BCUT2D eigenvalue weighted by Crippen LogP contribution is -2.22. The predicted octanol–water partition coefficient (Wildman–Crippen LogP) is 3.46. The van der Waals surface area contributed by atoms with E-state index in [4.69, 9.17) is 5.73 Å². The molecule has 1 heterocycles. The van der Waals surface area contributed by atoms with Crippen molar-refractivity contribution in [2.75, 3.05) is 0 Å². The van der Waals surface area contributed by atoms with E-state index in [-0.39, 0.29) is 6.04 Å². The van der Waals surface area contributed by atoms with Crippen molar-refractivity contribution in [1.82, 2.24) is 4.98 Å². The third-order valence-corrected chi connectivity index (χ3v) is 3.44. The Morgan fingerprint density at radius 2 is 2.31 bits per heavy atom. The highest BCUT2D eigenvalue weighted by atomic mass is 32.1. The van der Waals surface area contributed by atoms with Gasteiger partial charge < -0.3 is 5.73 Å². The standard InChI is InChI=1S/C13H22N2S/c1-3-4-5-6-7-8-12(14)9-13-10-16-11(2)15-13/h3,10,12H,1,4-9,14H2,2H3. The molecule has 3 heteroatoms. The number of rotatable bonds is 8. The van der Waals surface area contributed by atoms with E-state index in [1.807, 2.05) is 13.0 Å². The Morgan fingerprint density at radius 3 is 2.94 bits per heavy atom. The number of allylic oxidation sites excluding steroid dienone is 1. The summed E-state index contributed by atoms with van der Waals surface area (Å²) in [5.74, 6) is 0. The molecule has 0 radical (unpaired) electrons. The number of thiazole rings is 1. The molecule has 0 aliphatic rings. The van der Waals surface area contributed by atoms with Gasteiger partial charge in [-0.1, -0.05) is 18.9 Å². The second kappa shape index (κ2) is 7.58. The minimum absolute atomic E-state index is 0.269. The smallest absolute Gasteiger partial charge is 0.0897 e.